The average Bonchev–Trinajstić information content (AvgIpc) is 3.21. The highest BCUT2D eigenvalue weighted by Crippen LogP contribution is 2.19. The van der Waals surface area contributed by atoms with E-state index in [0.717, 1.165) is 35.7 Å². The van der Waals surface area contributed by atoms with Gasteiger partial charge in [0.1, 0.15) is 6.04 Å². The molecule has 7 heteroatoms. The largest absolute Gasteiger partial charge is 0.480 e. The zero-order valence-electron chi connectivity index (χ0n) is 20.9. The van der Waals surface area contributed by atoms with Gasteiger partial charge in [-0.3, -0.25) is 4.79 Å². The van der Waals surface area contributed by atoms with Crippen molar-refractivity contribution < 1.29 is 18.3 Å². The number of H-pyrrole nitrogens is 1. The van der Waals surface area contributed by atoms with Gasteiger partial charge in [0.15, 0.2) is 0 Å². The molecule has 0 amide bonds. The molecule has 1 aromatic carbocycles. The second kappa shape index (κ2) is 15.9. The lowest BCUT2D eigenvalue weighted by Gasteiger charge is -2.14. The Morgan fingerprint density at radius 2 is 1.41 bits per heavy atom. The maximum absolute atomic E-state index is 12.5. The van der Waals surface area contributed by atoms with E-state index in [1.54, 1.807) is 6.20 Å². The minimum Gasteiger partial charge on any atom is -0.480 e. The Balaban J connectivity index is 1.58. The number of aromatic amines is 1. The number of hydrogen-bond donors (Lipinski definition) is 3. The van der Waals surface area contributed by atoms with E-state index in [9.17, 15) is 18.3 Å². The third kappa shape index (κ3) is 11.0. The number of carboxylic acids is 1. The van der Waals surface area contributed by atoms with Crippen LogP contribution in [-0.4, -0.2) is 36.3 Å². The van der Waals surface area contributed by atoms with Crippen molar-refractivity contribution in [3.8, 4) is 0 Å². The number of aliphatic carboxylic acids is 1. The monoisotopic (exact) mass is 492 g/mol. The quantitative estimate of drug-likeness (QED) is 0.182. The zero-order chi connectivity index (χ0) is 24.7. The molecule has 0 fully saturated rings. The van der Waals surface area contributed by atoms with E-state index in [1.165, 1.54) is 64.2 Å². The van der Waals surface area contributed by atoms with E-state index in [2.05, 4.69) is 16.6 Å². The van der Waals surface area contributed by atoms with Crippen molar-refractivity contribution in [2.45, 2.75) is 109 Å². The highest BCUT2D eigenvalue weighted by atomic mass is 32.2. The van der Waals surface area contributed by atoms with E-state index in [0.29, 0.717) is 6.42 Å². The summed E-state index contributed by atoms with van der Waals surface area (Å²) in [6.07, 6.45) is 18.7. The number of hydrogen-bond acceptors (Lipinski definition) is 3. The first kappa shape index (κ1) is 28.4. The van der Waals surface area contributed by atoms with Crippen molar-refractivity contribution in [1.82, 2.24) is 9.71 Å². The Kier molecular flexibility index (Phi) is 13.3. The fourth-order valence-electron chi connectivity index (χ4n) is 4.46. The molecule has 0 unspecified atom stereocenters. The van der Waals surface area contributed by atoms with E-state index in [4.69, 9.17) is 0 Å². The van der Waals surface area contributed by atoms with Crippen LogP contribution in [0.3, 0.4) is 0 Å². The molecule has 0 aliphatic rings. The number of para-hydroxylation sites is 1. The molecule has 1 atom stereocenters. The summed E-state index contributed by atoms with van der Waals surface area (Å²) in [6.45, 7) is 2.25. The lowest BCUT2D eigenvalue weighted by Crippen LogP contribution is -2.43. The Morgan fingerprint density at radius 3 is 1.97 bits per heavy atom. The fraction of sp³-hybridized carbons (Fsp3) is 0.667. The Morgan fingerprint density at radius 1 is 0.882 bits per heavy atom. The molecular weight excluding hydrogens is 448 g/mol. The SMILES string of the molecule is CCCCCCCCCCCCCCCCS(=O)(=O)N[C@@H](Cc1c[nH]c2ccccc12)C(=O)O. The van der Waals surface area contributed by atoms with Gasteiger partial charge in [-0.2, -0.15) is 0 Å². The van der Waals surface area contributed by atoms with Gasteiger partial charge in [0.05, 0.1) is 5.75 Å². The molecule has 0 saturated carbocycles. The summed E-state index contributed by atoms with van der Waals surface area (Å²) in [4.78, 5) is 14.8. The summed E-state index contributed by atoms with van der Waals surface area (Å²) in [6, 6.07) is 6.43. The first-order valence-corrected chi connectivity index (χ1v) is 14.9. The standard InChI is InChI=1S/C27H44N2O4S/c1-2-3-4-5-6-7-8-9-10-11-12-13-14-17-20-34(32,33)29-26(27(30)31)21-23-22-28-25-19-16-15-18-24(23)25/h15-16,18-19,22,26,28-29H,2-14,17,20-21H2,1H3,(H,30,31)/t26-/m0/s1. The number of carboxylic acid groups (broad SMARTS) is 1. The molecule has 0 aliphatic heterocycles. The molecule has 34 heavy (non-hydrogen) atoms. The van der Waals surface area contributed by atoms with Crippen LogP contribution >= 0.6 is 0 Å². The van der Waals surface area contributed by atoms with Gasteiger partial charge < -0.3 is 10.1 Å². The molecule has 0 radical (unpaired) electrons. The van der Waals surface area contributed by atoms with Gasteiger partial charge in [0, 0.05) is 23.5 Å². The molecule has 192 valence electrons. The topological polar surface area (TPSA) is 99.3 Å². The second-order valence-electron chi connectivity index (χ2n) is 9.49. The number of rotatable bonds is 20. The van der Waals surface area contributed by atoms with Crippen LogP contribution in [0.1, 0.15) is 102 Å². The maximum atomic E-state index is 12.5. The normalized spacial score (nSPS) is 12.9. The van der Waals surface area contributed by atoms with Crippen molar-refractivity contribution in [1.29, 1.82) is 0 Å². The average molecular weight is 493 g/mol. The number of sulfonamides is 1. The summed E-state index contributed by atoms with van der Waals surface area (Å²) in [5, 5.41) is 10.5. The van der Waals surface area contributed by atoms with Crippen LogP contribution in [-0.2, 0) is 21.2 Å². The minimum absolute atomic E-state index is 0.0251. The summed E-state index contributed by atoms with van der Waals surface area (Å²) >= 11 is 0. The van der Waals surface area contributed by atoms with Crippen molar-refractivity contribution in [2.24, 2.45) is 0 Å². The van der Waals surface area contributed by atoms with Gasteiger partial charge in [-0.25, -0.2) is 13.1 Å². The van der Waals surface area contributed by atoms with E-state index in [1.807, 2.05) is 24.3 Å². The molecule has 1 aromatic heterocycles. The lowest BCUT2D eigenvalue weighted by molar-refractivity contribution is -0.138. The lowest BCUT2D eigenvalue weighted by atomic mass is 10.0. The van der Waals surface area contributed by atoms with Gasteiger partial charge in [0.25, 0.3) is 0 Å². The van der Waals surface area contributed by atoms with Gasteiger partial charge in [-0.1, -0.05) is 109 Å². The third-order valence-electron chi connectivity index (χ3n) is 6.49. The van der Waals surface area contributed by atoms with Gasteiger partial charge >= 0.3 is 5.97 Å². The van der Waals surface area contributed by atoms with Gasteiger partial charge in [-0.05, 0) is 18.1 Å². The Labute approximate surface area is 206 Å². The molecule has 0 aliphatic carbocycles. The van der Waals surface area contributed by atoms with Crippen molar-refractivity contribution >= 4 is 26.9 Å². The van der Waals surface area contributed by atoms with Crippen LogP contribution in [0.2, 0.25) is 0 Å². The molecular formula is C27H44N2O4S. The Hall–Kier alpha value is -1.86. The van der Waals surface area contributed by atoms with E-state index >= 15 is 0 Å². The highest BCUT2D eigenvalue weighted by molar-refractivity contribution is 7.89. The minimum atomic E-state index is -3.64. The number of benzene rings is 1. The Bertz CT molecular complexity index is 939. The molecule has 1 heterocycles. The van der Waals surface area contributed by atoms with Crippen LogP contribution < -0.4 is 4.72 Å². The first-order chi connectivity index (χ1) is 16.4. The van der Waals surface area contributed by atoms with Crippen LogP contribution in [0.15, 0.2) is 30.5 Å². The predicted molar refractivity (Wildman–Crippen MR) is 141 cm³/mol. The summed E-state index contributed by atoms with van der Waals surface area (Å²) in [5.41, 5.74) is 1.70. The summed E-state index contributed by atoms with van der Waals surface area (Å²) in [5.74, 6) is -1.18. The maximum Gasteiger partial charge on any atom is 0.322 e. The number of nitrogens with one attached hydrogen (secondary N) is 2. The van der Waals surface area contributed by atoms with Crippen molar-refractivity contribution in [2.75, 3.05) is 5.75 Å². The molecule has 2 rings (SSSR count). The molecule has 6 nitrogen and oxygen atoms in total. The van der Waals surface area contributed by atoms with Crippen molar-refractivity contribution in [3.63, 3.8) is 0 Å². The molecule has 0 spiro atoms. The number of unbranched alkanes of at least 4 members (excludes halogenated alkanes) is 13. The third-order valence-corrected chi connectivity index (χ3v) is 7.96. The molecule has 3 N–H and O–H groups in total. The first-order valence-electron chi connectivity index (χ1n) is 13.2. The molecule has 2 aromatic rings. The van der Waals surface area contributed by atoms with Gasteiger partial charge in [0.2, 0.25) is 10.0 Å². The number of fused-ring (bicyclic) bond motifs is 1. The highest BCUT2D eigenvalue weighted by Gasteiger charge is 2.25. The molecule has 0 bridgehead atoms. The van der Waals surface area contributed by atoms with Crippen LogP contribution in [0.5, 0.6) is 0 Å². The van der Waals surface area contributed by atoms with E-state index < -0.39 is 22.0 Å². The van der Waals surface area contributed by atoms with Crippen LogP contribution in [0.4, 0.5) is 0 Å². The number of aromatic nitrogens is 1. The smallest absolute Gasteiger partial charge is 0.322 e. The van der Waals surface area contributed by atoms with Crippen LogP contribution in [0.25, 0.3) is 10.9 Å². The van der Waals surface area contributed by atoms with Crippen molar-refractivity contribution in [3.05, 3.63) is 36.0 Å². The molecule has 0 saturated heterocycles. The summed E-state index contributed by atoms with van der Waals surface area (Å²) < 4.78 is 27.3. The van der Waals surface area contributed by atoms with Crippen LogP contribution in [0, 0.1) is 0 Å². The zero-order valence-corrected chi connectivity index (χ0v) is 21.7. The predicted octanol–water partition coefficient (Wildman–Crippen LogP) is 6.56. The summed E-state index contributed by atoms with van der Waals surface area (Å²) in [7, 11) is -3.64. The fourth-order valence-corrected chi connectivity index (χ4v) is 5.78. The number of carbonyl (C=O) groups is 1. The van der Waals surface area contributed by atoms with E-state index in [-0.39, 0.29) is 12.2 Å². The van der Waals surface area contributed by atoms with Gasteiger partial charge in [-0.15, -0.1) is 0 Å². The second-order valence-corrected chi connectivity index (χ2v) is 11.4.